The van der Waals surface area contributed by atoms with Gasteiger partial charge in [-0.15, -0.1) is 18.3 Å². The van der Waals surface area contributed by atoms with Gasteiger partial charge in [0.15, 0.2) is 0 Å². The number of ether oxygens (including phenoxy) is 3. The third kappa shape index (κ3) is 11.3. The lowest BCUT2D eigenvalue weighted by Crippen LogP contribution is -2.70. The predicted molar refractivity (Wildman–Crippen MR) is 276 cm³/mol. The van der Waals surface area contributed by atoms with Crippen LogP contribution in [0.2, 0.25) is 0 Å². The number of non-ortho nitro benzene ring substituents is 1. The summed E-state index contributed by atoms with van der Waals surface area (Å²) in [7, 11) is 0. The van der Waals surface area contributed by atoms with E-state index >= 15 is 4.79 Å². The number of carbonyl (C=O) groups is 1. The predicted octanol–water partition coefficient (Wildman–Crippen LogP) is 11.3. The van der Waals surface area contributed by atoms with Crippen LogP contribution in [0.4, 0.5) is 5.69 Å². The number of nitro groups is 1. The number of aliphatic hydroxyl groups is 2. The zero-order valence-corrected chi connectivity index (χ0v) is 40.6. The fourth-order valence-corrected chi connectivity index (χ4v) is 11.4. The number of fused-ring (bicyclic) bond motifs is 3. The zero-order valence-electron chi connectivity index (χ0n) is 39.8. The Kier molecular flexibility index (Phi) is 17.2. The average molecular weight is 966 g/mol. The first-order valence-corrected chi connectivity index (χ1v) is 25.5. The van der Waals surface area contributed by atoms with E-state index in [4.69, 9.17) is 24.2 Å². The van der Waals surface area contributed by atoms with Crippen LogP contribution < -0.4 is 9.47 Å². The van der Waals surface area contributed by atoms with Crippen LogP contribution in [0.15, 0.2) is 156 Å². The fraction of sp³-hybridized carbons (Fsp3) is 0.368. The molecule has 0 spiro atoms. The highest BCUT2D eigenvalue weighted by atomic mass is 32.2. The third-order valence-electron chi connectivity index (χ3n) is 13.7. The lowest BCUT2D eigenvalue weighted by Gasteiger charge is -2.60. The van der Waals surface area contributed by atoms with Gasteiger partial charge in [0.1, 0.15) is 24.1 Å². The lowest BCUT2D eigenvalue weighted by atomic mass is 9.55. The van der Waals surface area contributed by atoms with Gasteiger partial charge in [-0.1, -0.05) is 90.8 Å². The molecule has 2 N–H and O–H groups in total. The summed E-state index contributed by atoms with van der Waals surface area (Å²) >= 11 is 1.74. The van der Waals surface area contributed by atoms with Crippen molar-refractivity contribution in [3.05, 3.63) is 172 Å². The molecule has 0 radical (unpaired) electrons. The number of carbonyl (C=O) groups excluding carboxylic acids is 1. The van der Waals surface area contributed by atoms with Crippen molar-refractivity contribution >= 4 is 45.9 Å². The first-order valence-electron chi connectivity index (χ1n) is 24.5. The summed E-state index contributed by atoms with van der Waals surface area (Å²) in [6.07, 6.45) is 12.0. The van der Waals surface area contributed by atoms with Crippen molar-refractivity contribution in [2.75, 3.05) is 38.8 Å². The Bertz CT molecular complexity index is 2670. The average Bonchev–Trinajstić information content (AvgIpc) is 3.38. The van der Waals surface area contributed by atoms with Gasteiger partial charge in [0.2, 0.25) is 11.7 Å². The second-order valence-corrected chi connectivity index (χ2v) is 19.2. The van der Waals surface area contributed by atoms with Gasteiger partial charge in [-0.25, -0.2) is 0 Å². The number of benzene rings is 5. The molecule has 0 aromatic heterocycles. The van der Waals surface area contributed by atoms with Crippen LogP contribution in [-0.4, -0.2) is 82.3 Å². The van der Waals surface area contributed by atoms with E-state index in [2.05, 4.69) is 49.1 Å². The Morgan fingerprint density at radius 3 is 2.47 bits per heavy atom. The lowest BCUT2D eigenvalue weighted by molar-refractivity contribution is -0.384. The molecule has 0 bridgehead atoms. The highest BCUT2D eigenvalue weighted by molar-refractivity contribution is 7.99. The minimum absolute atomic E-state index is 0.0357. The van der Waals surface area contributed by atoms with Crippen molar-refractivity contribution in [1.29, 1.82) is 0 Å². The van der Waals surface area contributed by atoms with Gasteiger partial charge in [-0.3, -0.25) is 14.9 Å². The van der Waals surface area contributed by atoms with E-state index in [0.29, 0.717) is 43.1 Å². The number of rotatable bonds is 24. The van der Waals surface area contributed by atoms with E-state index in [9.17, 15) is 20.3 Å². The molecule has 1 heterocycles. The monoisotopic (exact) mass is 965 g/mol. The standard InChI is InChI=1S/C57H63N3O9S/c1-3-33-67-57-53(59(39-43-18-14-17-41-15-8-9-21-47(41)43)54(63)30-25-40-23-26-44(27-24-40)60(64)65)38-51(58-68-4-2)49-36-42(16-10-12-31-61)48(22-11-13-32-62)55(56(49)57)50-37-45(28-29-52(50)69-57)66-34-35-70-46-19-6-5-7-20-46/h3,5-9,14-15,17-21,23-30,36-37,42,48,53,55-56,61-62H,1,4,10-13,16,22,31-35,38-39H2,2H3/t42-,48+,53-,55+,56+,57+/m0/s1. The maximum atomic E-state index is 15.4. The van der Waals surface area contributed by atoms with Crippen LogP contribution in [0.3, 0.4) is 0 Å². The first-order chi connectivity index (χ1) is 34.3. The second-order valence-electron chi connectivity index (χ2n) is 18.0. The van der Waals surface area contributed by atoms with Gasteiger partial charge in [0.05, 0.1) is 29.8 Å². The molecule has 3 aliphatic rings. The number of oxime groups is 1. The smallest absolute Gasteiger partial charge is 0.269 e. The Morgan fingerprint density at radius 2 is 1.71 bits per heavy atom. The molecule has 5 aromatic rings. The van der Waals surface area contributed by atoms with E-state index in [1.165, 1.54) is 23.1 Å². The second kappa shape index (κ2) is 24.0. The maximum Gasteiger partial charge on any atom is 0.269 e. The Labute approximate surface area is 414 Å². The molecule has 70 heavy (non-hydrogen) atoms. The van der Waals surface area contributed by atoms with Crippen molar-refractivity contribution in [2.24, 2.45) is 22.9 Å². The molecule has 0 saturated heterocycles. The SMILES string of the molecule is C=CCO[C@@]12Oc3ccc(OCCSc4ccccc4)cc3[C@H]3[C@H](CCCCO)[C@@H](CCCCO)C=C(C(=NOCC)C[C@@H]1N(Cc1cccc4ccccc14)C(=O)C=Cc1ccc([N+](=O)[O-])cc1)[C@H]32. The highest BCUT2D eigenvalue weighted by Crippen LogP contribution is 2.62. The molecule has 1 fully saturated rings. The number of thioether (sulfide) groups is 1. The molecule has 366 valence electrons. The number of nitro benzene ring substituents is 1. The van der Waals surface area contributed by atoms with Crippen LogP contribution >= 0.6 is 11.8 Å². The minimum atomic E-state index is -1.48. The summed E-state index contributed by atoms with van der Waals surface area (Å²) in [5.41, 5.74) is 4.13. The maximum absolute atomic E-state index is 15.4. The molecule has 2 aliphatic carbocycles. The molecule has 5 aromatic carbocycles. The van der Waals surface area contributed by atoms with E-state index < -0.39 is 22.7 Å². The van der Waals surface area contributed by atoms with Gasteiger partial charge in [0, 0.05) is 66.5 Å². The molecule has 8 rings (SSSR count). The molecule has 1 aliphatic heterocycles. The van der Waals surface area contributed by atoms with Gasteiger partial charge < -0.3 is 34.2 Å². The Hall–Kier alpha value is -6.25. The molecule has 0 unspecified atom stereocenters. The number of aliphatic hydroxyl groups excluding tert-OH is 2. The largest absolute Gasteiger partial charge is 0.493 e. The van der Waals surface area contributed by atoms with Crippen molar-refractivity contribution in [1.82, 2.24) is 4.90 Å². The summed E-state index contributed by atoms with van der Waals surface area (Å²) in [6.45, 7) is 7.27. The van der Waals surface area contributed by atoms with Gasteiger partial charge >= 0.3 is 0 Å². The van der Waals surface area contributed by atoms with Gasteiger partial charge in [-0.2, -0.15) is 0 Å². The van der Waals surface area contributed by atoms with Crippen molar-refractivity contribution < 1.29 is 39.0 Å². The van der Waals surface area contributed by atoms with Crippen LogP contribution in [0, 0.1) is 27.9 Å². The summed E-state index contributed by atoms with van der Waals surface area (Å²) in [5, 5.41) is 38.5. The fourth-order valence-electron chi connectivity index (χ4n) is 10.6. The molecule has 12 nitrogen and oxygen atoms in total. The molecule has 6 atom stereocenters. The molecular weight excluding hydrogens is 903 g/mol. The number of allylic oxidation sites excluding steroid dienone is 1. The summed E-state index contributed by atoms with van der Waals surface area (Å²) in [5.74, 6) is -0.322. The van der Waals surface area contributed by atoms with Crippen molar-refractivity contribution in [3.8, 4) is 11.5 Å². The van der Waals surface area contributed by atoms with E-state index in [-0.39, 0.29) is 62.1 Å². The van der Waals surface area contributed by atoms with Crippen LogP contribution in [0.25, 0.3) is 16.8 Å². The van der Waals surface area contributed by atoms with Crippen molar-refractivity contribution in [2.45, 2.75) is 81.1 Å². The molecule has 1 saturated carbocycles. The quantitative estimate of drug-likeness (QED) is 0.0153. The zero-order chi connectivity index (χ0) is 48.9. The minimum Gasteiger partial charge on any atom is -0.493 e. The normalized spacial score (nSPS) is 21.9. The first kappa shape index (κ1) is 50.1. The van der Waals surface area contributed by atoms with E-state index in [1.54, 1.807) is 36.0 Å². The number of hydrogen-bond donors (Lipinski definition) is 2. The number of nitrogens with zero attached hydrogens (tertiary/aromatic N) is 3. The molecule has 1 amide bonds. The van der Waals surface area contributed by atoms with Gasteiger partial charge in [-0.05, 0) is 120 Å². The summed E-state index contributed by atoms with van der Waals surface area (Å²) < 4.78 is 21.2. The van der Waals surface area contributed by atoms with Crippen LogP contribution in [0.1, 0.15) is 74.5 Å². The highest BCUT2D eigenvalue weighted by Gasteiger charge is 2.65. The Balaban J connectivity index is 1.30. The number of amides is 1. The van der Waals surface area contributed by atoms with Crippen LogP contribution in [0.5, 0.6) is 11.5 Å². The van der Waals surface area contributed by atoms with Gasteiger partial charge in [0.25, 0.3) is 5.69 Å². The topological polar surface area (TPSA) is 153 Å². The van der Waals surface area contributed by atoms with E-state index in [0.717, 1.165) is 64.7 Å². The number of hydrogen-bond acceptors (Lipinski definition) is 11. The van der Waals surface area contributed by atoms with E-state index in [1.807, 2.05) is 66.4 Å². The molecule has 13 heteroatoms. The summed E-state index contributed by atoms with van der Waals surface area (Å²) in [4.78, 5) is 35.4. The summed E-state index contributed by atoms with van der Waals surface area (Å²) in [6, 6.07) is 35.8. The third-order valence-corrected chi connectivity index (χ3v) is 14.7. The molecular formula is C57H63N3O9S. The number of unbranched alkanes of at least 4 members (excludes halogenated alkanes) is 2. The van der Waals surface area contributed by atoms with Crippen molar-refractivity contribution in [3.63, 3.8) is 0 Å². The Morgan fingerprint density at radius 1 is 0.957 bits per heavy atom. The van der Waals surface area contributed by atoms with Crippen LogP contribution in [-0.2, 0) is 20.9 Å².